The second-order valence-electron chi connectivity index (χ2n) is 3.96. The summed E-state index contributed by atoms with van der Waals surface area (Å²) < 4.78 is 20.5. The molecule has 2 atom stereocenters. The Labute approximate surface area is 111 Å². The summed E-state index contributed by atoms with van der Waals surface area (Å²) in [6.45, 7) is -0.311. The molecule has 0 aliphatic carbocycles. The zero-order valence-electron chi connectivity index (χ0n) is 9.49. The maximum Gasteiger partial charge on any atom is 0.223 e. The van der Waals surface area contributed by atoms with Crippen molar-refractivity contribution in [2.45, 2.75) is 12.3 Å². The lowest BCUT2D eigenvalue weighted by molar-refractivity contribution is -0.0174. The van der Waals surface area contributed by atoms with Crippen LogP contribution in [0, 0.1) is 0 Å². The van der Waals surface area contributed by atoms with E-state index in [2.05, 4.69) is 15.0 Å². The lowest BCUT2D eigenvalue weighted by Gasteiger charge is -2.14. The fraction of sp³-hybridized carbons (Fsp3) is 0.300. The number of aromatic nitrogens is 4. The molecule has 3 N–H and O–H groups in total. The van der Waals surface area contributed by atoms with Gasteiger partial charge in [-0.3, -0.25) is 4.57 Å². The highest BCUT2D eigenvalue weighted by Gasteiger charge is 2.30. The third kappa shape index (κ3) is 1.93. The number of hydrogen-bond acceptors (Lipinski definition) is 6. The van der Waals surface area contributed by atoms with Gasteiger partial charge < -0.3 is 15.6 Å². The van der Waals surface area contributed by atoms with Crippen LogP contribution >= 0.6 is 11.6 Å². The Morgan fingerprint density at radius 3 is 3.00 bits per heavy atom. The maximum atomic E-state index is 13.8. The molecule has 19 heavy (non-hydrogen) atoms. The van der Waals surface area contributed by atoms with E-state index < -0.39 is 18.2 Å². The first-order chi connectivity index (χ1) is 9.10. The van der Waals surface area contributed by atoms with Gasteiger partial charge in [-0.2, -0.15) is 9.97 Å². The standard InChI is InChI=1S/C10H9ClFN5O2/c11-7-6-8(16-10(13)15-7)17(3-14-6)9-5(12)1-4(2-18)19-9/h1,3-4,9,18H,2H2,(H2,13,15,16)/t4-,9-/m1/s1. The molecule has 0 aromatic carbocycles. The molecule has 0 spiro atoms. The van der Waals surface area contributed by atoms with Crippen molar-refractivity contribution in [3.8, 4) is 0 Å². The van der Waals surface area contributed by atoms with Gasteiger partial charge >= 0.3 is 0 Å². The minimum absolute atomic E-state index is 0.0413. The van der Waals surface area contributed by atoms with E-state index in [4.69, 9.17) is 27.2 Å². The number of anilines is 1. The monoisotopic (exact) mass is 285 g/mol. The number of fused-ring (bicyclic) bond motifs is 1. The predicted octanol–water partition coefficient (Wildman–Crippen LogP) is 0.805. The summed E-state index contributed by atoms with van der Waals surface area (Å²) in [6, 6.07) is 0. The Morgan fingerprint density at radius 1 is 1.53 bits per heavy atom. The van der Waals surface area contributed by atoms with Gasteiger partial charge in [-0.15, -0.1) is 0 Å². The molecule has 3 heterocycles. The fourth-order valence-electron chi connectivity index (χ4n) is 1.89. The zero-order chi connectivity index (χ0) is 13.6. The molecule has 0 fully saturated rings. The molecule has 7 nitrogen and oxygen atoms in total. The number of aliphatic hydroxyl groups is 1. The van der Waals surface area contributed by atoms with Crippen molar-refractivity contribution in [2.24, 2.45) is 0 Å². The molecule has 2 aromatic rings. The Balaban J connectivity index is 2.10. The summed E-state index contributed by atoms with van der Waals surface area (Å²) >= 11 is 5.88. The first-order valence-electron chi connectivity index (χ1n) is 5.39. The van der Waals surface area contributed by atoms with Gasteiger partial charge in [0, 0.05) is 0 Å². The highest BCUT2D eigenvalue weighted by atomic mass is 35.5. The molecule has 1 aliphatic rings. The number of hydrogen-bond donors (Lipinski definition) is 2. The molecular weight excluding hydrogens is 277 g/mol. The minimum atomic E-state index is -1.03. The topological polar surface area (TPSA) is 99.1 Å². The number of imidazole rings is 1. The van der Waals surface area contributed by atoms with Gasteiger partial charge in [0.1, 0.15) is 17.4 Å². The van der Waals surface area contributed by atoms with Gasteiger partial charge in [0.2, 0.25) is 5.95 Å². The van der Waals surface area contributed by atoms with Crippen LogP contribution in [0.25, 0.3) is 11.2 Å². The molecule has 0 bridgehead atoms. The third-order valence-electron chi connectivity index (χ3n) is 2.71. The molecule has 0 unspecified atom stereocenters. The number of nitrogens with two attached hydrogens (primary N) is 1. The molecule has 3 rings (SSSR count). The van der Waals surface area contributed by atoms with Gasteiger partial charge in [-0.05, 0) is 6.08 Å². The van der Waals surface area contributed by atoms with Gasteiger partial charge in [-0.1, -0.05) is 11.6 Å². The lowest BCUT2D eigenvalue weighted by Crippen LogP contribution is -2.16. The van der Waals surface area contributed by atoms with E-state index in [1.165, 1.54) is 17.0 Å². The van der Waals surface area contributed by atoms with Crippen molar-refractivity contribution in [3.05, 3.63) is 23.4 Å². The molecule has 100 valence electrons. The van der Waals surface area contributed by atoms with Crippen LogP contribution in [0.2, 0.25) is 5.15 Å². The highest BCUT2D eigenvalue weighted by molar-refractivity contribution is 6.33. The molecule has 9 heteroatoms. The number of nitrogen functional groups attached to an aromatic ring is 1. The van der Waals surface area contributed by atoms with Crippen LogP contribution in [0.3, 0.4) is 0 Å². The van der Waals surface area contributed by atoms with E-state index in [1.54, 1.807) is 0 Å². The summed E-state index contributed by atoms with van der Waals surface area (Å²) in [5.74, 6) is -0.577. The van der Waals surface area contributed by atoms with E-state index in [9.17, 15) is 4.39 Å². The van der Waals surface area contributed by atoms with Gasteiger partial charge in [0.15, 0.2) is 17.0 Å². The van der Waals surface area contributed by atoms with Crippen LogP contribution in [0.4, 0.5) is 10.3 Å². The second kappa shape index (κ2) is 4.41. The number of halogens is 2. The largest absolute Gasteiger partial charge is 0.393 e. The molecular formula is C10H9ClFN5O2. The van der Waals surface area contributed by atoms with Crippen molar-refractivity contribution in [2.75, 3.05) is 12.3 Å². The highest BCUT2D eigenvalue weighted by Crippen LogP contribution is 2.32. The average Bonchev–Trinajstić information content (AvgIpc) is 2.92. The number of nitrogens with zero attached hydrogens (tertiary/aromatic N) is 4. The Bertz CT molecular complexity index is 673. The first kappa shape index (κ1) is 12.3. The van der Waals surface area contributed by atoms with Crippen molar-refractivity contribution < 1.29 is 14.2 Å². The number of aliphatic hydroxyl groups excluding tert-OH is 1. The smallest absolute Gasteiger partial charge is 0.223 e. The van der Waals surface area contributed by atoms with Crippen LogP contribution in [-0.4, -0.2) is 37.3 Å². The summed E-state index contributed by atoms with van der Waals surface area (Å²) in [7, 11) is 0. The van der Waals surface area contributed by atoms with Crippen molar-refractivity contribution in [1.82, 2.24) is 19.5 Å². The Hall–Kier alpha value is -1.77. The first-order valence-corrected chi connectivity index (χ1v) is 5.77. The van der Waals surface area contributed by atoms with E-state index >= 15 is 0 Å². The van der Waals surface area contributed by atoms with Crippen molar-refractivity contribution in [3.63, 3.8) is 0 Å². The molecule has 0 saturated heterocycles. The van der Waals surface area contributed by atoms with Gasteiger partial charge in [0.05, 0.1) is 12.9 Å². The molecule has 1 aliphatic heterocycles. The molecule has 2 aromatic heterocycles. The average molecular weight is 286 g/mol. The maximum absolute atomic E-state index is 13.8. The number of rotatable bonds is 2. The van der Waals surface area contributed by atoms with Crippen LogP contribution < -0.4 is 5.73 Å². The van der Waals surface area contributed by atoms with Crippen LogP contribution in [0.5, 0.6) is 0 Å². The van der Waals surface area contributed by atoms with Crippen LogP contribution in [-0.2, 0) is 4.74 Å². The van der Waals surface area contributed by atoms with E-state index in [0.29, 0.717) is 5.52 Å². The van der Waals surface area contributed by atoms with E-state index in [-0.39, 0.29) is 23.4 Å². The Kier molecular flexibility index (Phi) is 2.85. The molecule has 0 amide bonds. The van der Waals surface area contributed by atoms with Crippen molar-refractivity contribution >= 4 is 28.7 Å². The number of ether oxygens (including phenoxy) is 1. The summed E-state index contributed by atoms with van der Waals surface area (Å²) in [6.07, 6.45) is 0.801. The summed E-state index contributed by atoms with van der Waals surface area (Å²) in [4.78, 5) is 11.7. The van der Waals surface area contributed by atoms with E-state index in [0.717, 1.165) is 0 Å². The van der Waals surface area contributed by atoms with Crippen LogP contribution in [0.15, 0.2) is 18.2 Å². The van der Waals surface area contributed by atoms with Gasteiger partial charge in [0.25, 0.3) is 0 Å². The van der Waals surface area contributed by atoms with E-state index in [1.807, 2.05) is 0 Å². The van der Waals surface area contributed by atoms with Gasteiger partial charge in [-0.25, -0.2) is 9.37 Å². The normalized spacial score (nSPS) is 23.0. The van der Waals surface area contributed by atoms with Crippen LogP contribution in [0.1, 0.15) is 6.23 Å². The third-order valence-corrected chi connectivity index (χ3v) is 2.98. The Morgan fingerprint density at radius 2 is 2.32 bits per heavy atom. The summed E-state index contributed by atoms with van der Waals surface area (Å²) in [5.41, 5.74) is 6.08. The minimum Gasteiger partial charge on any atom is -0.393 e. The predicted molar refractivity (Wildman–Crippen MR) is 64.9 cm³/mol. The molecule has 0 radical (unpaired) electrons. The molecule has 0 saturated carbocycles. The zero-order valence-corrected chi connectivity index (χ0v) is 10.3. The lowest BCUT2D eigenvalue weighted by atomic mass is 10.3. The van der Waals surface area contributed by atoms with Crippen molar-refractivity contribution in [1.29, 1.82) is 0 Å². The fourth-order valence-corrected chi connectivity index (χ4v) is 2.11. The second-order valence-corrected chi connectivity index (χ2v) is 4.32. The quantitative estimate of drug-likeness (QED) is 0.792. The SMILES string of the molecule is Nc1nc(Cl)c2ncn([C@@H]3O[C@@H](CO)C=C3F)c2n1. The summed E-state index contributed by atoms with van der Waals surface area (Å²) in [5, 5.41) is 9.06.